The summed E-state index contributed by atoms with van der Waals surface area (Å²) < 4.78 is 1.04. The second kappa shape index (κ2) is 19.5. The molecule has 320 valence electrons. The Morgan fingerprint density at radius 1 is 0.422 bits per heavy atom. The first-order valence-electron chi connectivity index (χ1n) is 21.6. The standard InChI is InChI=1S/C33H33.C21H12Cl2.C5H5.2ClH.Zr/c1-32(2,3)30-20-26-24(18-28(30)22-13-9-7-10-14-22)17-25-19-29(23-15-11-8-12-16-23)31(21-27(25)26)33(4,5)6;22-20-11-3-7-16-14(5-1-9-18(16)20)13-15-6-2-10-19-17(15)8-4-12-21(19)23;1-2-4-5-3-1;;;/h7-21H,1-6H3;1-12H;1-5H;2*1H;/q-1;;-1;;;+2/p-2. The fourth-order valence-corrected chi connectivity index (χ4v) is 13.7. The van der Waals surface area contributed by atoms with Crippen molar-refractivity contribution in [3.8, 4) is 22.3 Å². The molecule has 0 saturated carbocycles. The van der Waals surface area contributed by atoms with E-state index >= 15 is 0 Å². The Morgan fingerprint density at radius 2 is 0.812 bits per heavy atom. The van der Waals surface area contributed by atoms with Crippen molar-refractivity contribution in [2.75, 3.05) is 0 Å². The van der Waals surface area contributed by atoms with Gasteiger partial charge in [0.15, 0.2) is 0 Å². The zero-order valence-electron chi connectivity index (χ0n) is 37.0. The van der Waals surface area contributed by atoms with Crippen LogP contribution in [0.2, 0.25) is 10.0 Å². The van der Waals surface area contributed by atoms with Crippen LogP contribution in [-0.2, 0) is 29.7 Å². The molecule has 0 atom stereocenters. The molecule has 0 amide bonds. The van der Waals surface area contributed by atoms with Gasteiger partial charge in [-0.05, 0) is 44.2 Å². The van der Waals surface area contributed by atoms with E-state index in [1.54, 1.807) is 0 Å². The molecule has 5 heteroatoms. The Labute approximate surface area is 403 Å². The smallest absolute Gasteiger partial charge is 0.172 e. The van der Waals surface area contributed by atoms with Crippen LogP contribution in [-0.4, -0.2) is 3.21 Å². The van der Waals surface area contributed by atoms with E-state index in [0.717, 1.165) is 45.9 Å². The maximum Gasteiger partial charge on any atom is -0.172 e. The van der Waals surface area contributed by atoms with E-state index in [1.807, 2.05) is 78.9 Å². The fourth-order valence-electron chi connectivity index (χ4n) is 8.71. The average molecular weight is 992 g/mol. The summed E-state index contributed by atoms with van der Waals surface area (Å²) in [4.78, 5) is 0. The third-order valence-corrected chi connectivity index (χ3v) is 16.9. The maximum absolute atomic E-state index is 6.65. The van der Waals surface area contributed by atoms with Crippen LogP contribution in [0.15, 0.2) is 194 Å². The second-order valence-electron chi connectivity index (χ2n) is 18.2. The molecule has 64 heavy (non-hydrogen) atoms. The largest absolute Gasteiger partial charge is 0.214 e. The molecule has 0 spiro atoms. The van der Waals surface area contributed by atoms with Gasteiger partial charge in [-0.25, -0.2) is 12.1 Å². The third kappa shape index (κ3) is 9.82. The summed E-state index contributed by atoms with van der Waals surface area (Å²) in [7, 11) is 13.3. The van der Waals surface area contributed by atoms with Crippen molar-refractivity contribution in [3.05, 3.63) is 226 Å². The number of rotatable bonds is 4. The van der Waals surface area contributed by atoms with Gasteiger partial charge in [-0.3, -0.25) is 0 Å². The minimum atomic E-state index is -2.84. The summed E-state index contributed by atoms with van der Waals surface area (Å²) in [6.45, 7) is 13.9. The average Bonchev–Trinajstić information content (AvgIpc) is 3.99. The monoisotopic (exact) mass is 988 g/mol. The van der Waals surface area contributed by atoms with Gasteiger partial charge in [0.2, 0.25) is 0 Å². The molecule has 0 radical (unpaired) electrons. The minimum absolute atomic E-state index is 0.0554. The minimum Gasteiger partial charge on any atom is -0.214 e. The summed E-state index contributed by atoms with van der Waals surface area (Å²) in [5.74, 6) is 0. The Bertz CT molecular complexity index is 3030. The summed E-state index contributed by atoms with van der Waals surface area (Å²) >= 11 is 9.96. The normalized spacial score (nSPS) is 11.6. The Balaban J connectivity index is 0.000000161. The van der Waals surface area contributed by atoms with Gasteiger partial charge in [0.25, 0.3) is 0 Å². The molecule has 0 N–H and O–H groups in total. The third-order valence-electron chi connectivity index (χ3n) is 11.8. The predicted octanol–water partition coefficient (Wildman–Crippen LogP) is 18.8. The summed E-state index contributed by atoms with van der Waals surface area (Å²) in [6.07, 6.45) is 0. The van der Waals surface area contributed by atoms with E-state index in [-0.39, 0.29) is 10.8 Å². The number of hydrogen-bond acceptors (Lipinski definition) is 0. The molecule has 10 rings (SSSR count). The molecule has 0 saturated heterocycles. The van der Waals surface area contributed by atoms with Gasteiger partial charge < -0.3 is 0 Å². The van der Waals surface area contributed by atoms with E-state index in [1.165, 1.54) is 54.9 Å². The molecule has 10 aromatic rings. The molecule has 0 aliphatic carbocycles. The van der Waals surface area contributed by atoms with Gasteiger partial charge in [0, 0.05) is 0 Å². The molecule has 0 unspecified atom stereocenters. The quantitative estimate of drug-likeness (QED) is 0.154. The molecular formula is C59H50Cl4Zr-2. The second-order valence-corrected chi connectivity index (χ2v) is 27.2. The van der Waals surface area contributed by atoms with E-state index < -0.39 is 18.9 Å². The van der Waals surface area contributed by atoms with Gasteiger partial charge in [0.05, 0.1) is 0 Å². The zero-order valence-corrected chi connectivity index (χ0v) is 42.5. The summed E-state index contributed by atoms with van der Waals surface area (Å²) in [6, 6.07) is 67.7. The van der Waals surface area contributed by atoms with Gasteiger partial charge in [0.1, 0.15) is 0 Å². The molecule has 0 fully saturated rings. The number of benzene rings is 8. The zero-order chi connectivity index (χ0) is 45.2. The van der Waals surface area contributed by atoms with Crippen LogP contribution in [0.3, 0.4) is 0 Å². The molecule has 10 aromatic carbocycles. The number of halogens is 4. The predicted molar refractivity (Wildman–Crippen MR) is 280 cm³/mol. The number of hydrogen-bond donors (Lipinski definition) is 0. The van der Waals surface area contributed by atoms with Crippen molar-refractivity contribution in [1.29, 1.82) is 0 Å². The summed E-state index contributed by atoms with van der Waals surface area (Å²) in [5.41, 5.74) is 10.3. The van der Waals surface area contributed by atoms with Crippen molar-refractivity contribution >= 4 is 86.5 Å². The van der Waals surface area contributed by atoms with E-state index in [0.29, 0.717) is 0 Å². The van der Waals surface area contributed by atoms with Gasteiger partial charge in [-0.1, -0.05) is 114 Å². The molecule has 0 aliphatic heterocycles. The van der Waals surface area contributed by atoms with Crippen molar-refractivity contribution in [2.45, 2.75) is 52.4 Å². The van der Waals surface area contributed by atoms with Crippen LogP contribution in [0.25, 0.3) is 65.3 Å². The topological polar surface area (TPSA) is 0 Å². The van der Waals surface area contributed by atoms with Crippen LogP contribution in [0.5, 0.6) is 0 Å². The Morgan fingerprint density at radius 3 is 1.17 bits per heavy atom. The van der Waals surface area contributed by atoms with E-state index in [4.69, 9.17) is 40.2 Å². The first-order chi connectivity index (χ1) is 30.7. The molecule has 0 heterocycles. The van der Waals surface area contributed by atoms with Crippen LogP contribution in [0, 0.1) is 0 Å². The first kappa shape index (κ1) is 46.0. The van der Waals surface area contributed by atoms with Gasteiger partial charge in [-0.2, -0.15) is 18.2 Å². The van der Waals surface area contributed by atoms with E-state index in [2.05, 4.69) is 157 Å². The van der Waals surface area contributed by atoms with Crippen molar-refractivity contribution in [2.24, 2.45) is 0 Å². The Hall–Kier alpha value is -4.59. The van der Waals surface area contributed by atoms with Crippen LogP contribution in [0.4, 0.5) is 0 Å². The van der Waals surface area contributed by atoms with Crippen molar-refractivity contribution in [3.63, 3.8) is 0 Å². The van der Waals surface area contributed by atoms with Crippen molar-refractivity contribution in [1.82, 2.24) is 0 Å². The summed E-state index contributed by atoms with van der Waals surface area (Å²) in [5, 5.41) is 10.9. The molecular weight excluding hydrogens is 942 g/mol. The number of fused-ring (bicyclic) bond motifs is 5. The van der Waals surface area contributed by atoms with Crippen LogP contribution in [0.1, 0.15) is 63.8 Å². The molecule has 0 bridgehead atoms. The van der Waals surface area contributed by atoms with Crippen LogP contribution >= 0.6 is 40.2 Å². The molecule has 0 aliphatic rings. The van der Waals surface area contributed by atoms with Gasteiger partial charge in [-0.15, -0.1) is 39.7 Å². The van der Waals surface area contributed by atoms with Crippen LogP contribution < -0.4 is 0 Å². The SMILES string of the molecule is CC(C)(C)c1cc2c(cc1-c1ccccc1)[cH-]c1cc(-c3ccccc3)c(C(C)(C)C)cc12.Clc1cccc2c([C](c3cccc4c(Cl)cccc34)=[Zr]([Cl])[Cl])cccc12.c1cc[cH-]c1. The van der Waals surface area contributed by atoms with E-state index in [9.17, 15) is 0 Å². The molecule has 0 aromatic heterocycles. The fraction of sp³-hybridized carbons (Fsp3) is 0.136. The van der Waals surface area contributed by atoms with Gasteiger partial charge >= 0.3 is 178 Å². The Kier molecular flexibility index (Phi) is 14.0. The van der Waals surface area contributed by atoms with Crippen molar-refractivity contribution < 1.29 is 18.9 Å². The molecule has 0 nitrogen and oxygen atoms in total. The first-order valence-corrected chi connectivity index (χ1v) is 29.9. The maximum atomic E-state index is 6.65.